The van der Waals surface area contributed by atoms with Gasteiger partial charge in [-0.05, 0) is 56.0 Å². The summed E-state index contributed by atoms with van der Waals surface area (Å²) in [5, 5.41) is 3.03. The molecule has 2 fully saturated rings. The van der Waals surface area contributed by atoms with Crippen LogP contribution in [0.2, 0.25) is 0 Å². The van der Waals surface area contributed by atoms with Crippen molar-refractivity contribution in [3.8, 4) is 0 Å². The lowest BCUT2D eigenvalue weighted by molar-refractivity contribution is 0.0696. The van der Waals surface area contributed by atoms with Crippen molar-refractivity contribution < 1.29 is 14.0 Å². The molecule has 0 atom stereocenters. The van der Waals surface area contributed by atoms with E-state index in [0.29, 0.717) is 11.6 Å². The molecule has 0 aromatic heterocycles. The van der Waals surface area contributed by atoms with Crippen LogP contribution in [0, 0.1) is 5.82 Å². The van der Waals surface area contributed by atoms with Crippen LogP contribution in [-0.4, -0.2) is 48.9 Å². The first-order valence-corrected chi connectivity index (χ1v) is 11.7. The van der Waals surface area contributed by atoms with Gasteiger partial charge in [-0.2, -0.15) is 0 Å². The lowest BCUT2D eigenvalue weighted by atomic mass is 9.94. The van der Waals surface area contributed by atoms with E-state index in [2.05, 4.69) is 10.2 Å². The molecule has 1 heterocycles. The molecule has 1 saturated carbocycles. The van der Waals surface area contributed by atoms with Crippen LogP contribution in [0.5, 0.6) is 0 Å². The molecule has 5 nitrogen and oxygen atoms in total. The minimum atomic E-state index is -0.410. The van der Waals surface area contributed by atoms with Gasteiger partial charge in [0, 0.05) is 43.5 Å². The number of nitrogens with zero attached hydrogens (tertiary/aromatic N) is 2. The monoisotopic (exact) mass is 437 g/mol. The van der Waals surface area contributed by atoms with Crippen molar-refractivity contribution in [1.82, 2.24) is 10.2 Å². The number of carbonyl (C=O) groups is 2. The fraction of sp³-hybridized carbons (Fsp3) is 0.462. The van der Waals surface area contributed by atoms with Crippen LogP contribution in [-0.2, 0) is 0 Å². The topological polar surface area (TPSA) is 52.7 Å². The van der Waals surface area contributed by atoms with Crippen molar-refractivity contribution in [2.24, 2.45) is 0 Å². The van der Waals surface area contributed by atoms with Crippen LogP contribution < -0.4 is 10.2 Å². The molecule has 0 unspecified atom stereocenters. The van der Waals surface area contributed by atoms with Crippen molar-refractivity contribution >= 4 is 17.5 Å². The first-order valence-electron chi connectivity index (χ1n) is 11.7. The normalized spacial score (nSPS) is 17.8. The van der Waals surface area contributed by atoms with Gasteiger partial charge in [-0.15, -0.1) is 0 Å². The zero-order chi connectivity index (χ0) is 22.5. The molecule has 0 spiro atoms. The van der Waals surface area contributed by atoms with Gasteiger partial charge in [0.05, 0.1) is 5.56 Å². The molecule has 6 heteroatoms. The van der Waals surface area contributed by atoms with Gasteiger partial charge in [0.25, 0.3) is 11.8 Å². The number of para-hydroxylation sites is 1. The third kappa shape index (κ3) is 5.12. The number of carbonyl (C=O) groups excluding carboxylic acids is 2. The van der Waals surface area contributed by atoms with E-state index >= 15 is 0 Å². The zero-order valence-electron chi connectivity index (χ0n) is 18.7. The van der Waals surface area contributed by atoms with E-state index in [1.54, 1.807) is 12.1 Å². The van der Waals surface area contributed by atoms with Crippen molar-refractivity contribution in [3.05, 3.63) is 65.5 Å². The summed E-state index contributed by atoms with van der Waals surface area (Å²) in [6, 6.07) is 14.0. The first kappa shape index (κ1) is 22.3. The minimum absolute atomic E-state index is 0.0368. The van der Waals surface area contributed by atoms with Crippen molar-refractivity contribution in [1.29, 1.82) is 0 Å². The Morgan fingerprint density at radius 2 is 1.69 bits per heavy atom. The second-order valence-corrected chi connectivity index (χ2v) is 8.97. The molecule has 0 radical (unpaired) electrons. The quantitative estimate of drug-likeness (QED) is 0.742. The summed E-state index contributed by atoms with van der Waals surface area (Å²) in [6.45, 7) is 1.51. The molecule has 2 aromatic rings. The molecule has 1 N–H and O–H groups in total. The van der Waals surface area contributed by atoms with E-state index in [1.807, 2.05) is 36.2 Å². The molecule has 2 aliphatic rings. The van der Waals surface area contributed by atoms with E-state index in [1.165, 1.54) is 31.4 Å². The highest BCUT2D eigenvalue weighted by Crippen LogP contribution is 2.28. The molecule has 2 amide bonds. The fourth-order valence-corrected chi connectivity index (χ4v) is 4.92. The van der Waals surface area contributed by atoms with E-state index in [4.69, 9.17) is 0 Å². The van der Waals surface area contributed by atoms with Gasteiger partial charge in [0.2, 0.25) is 0 Å². The molecule has 170 valence electrons. The molecule has 2 aromatic carbocycles. The van der Waals surface area contributed by atoms with Crippen molar-refractivity contribution in [3.63, 3.8) is 0 Å². The van der Waals surface area contributed by atoms with E-state index < -0.39 is 5.82 Å². The molecule has 1 saturated heterocycles. The van der Waals surface area contributed by atoms with Crippen molar-refractivity contribution in [2.45, 2.75) is 57.0 Å². The van der Waals surface area contributed by atoms with Gasteiger partial charge in [-0.1, -0.05) is 37.5 Å². The van der Waals surface area contributed by atoms with Gasteiger partial charge < -0.3 is 15.1 Å². The number of nitrogens with one attached hydrogen (secondary N) is 1. The van der Waals surface area contributed by atoms with E-state index in [-0.39, 0.29) is 17.9 Å². The Hall–Kier alpha value is -2.89. The summed E-state index contributed by atoms with van der Waals surface area (Å²) in [5.74, 6) is -0.561. The van der Waals surface area contributed by atoms with E-state index in [0.717, 1.165) is 50.0 Å². The largest absolute Gasteiger partial charge is 0.371 e. The lowest BCUT2D eigenvalue weighted by Gasteiger charge is -2.36. The SMILES string of the molecule is CN(C(=O)c1ccccc1N1CCC(NC(=O)c2cccc(F)c2)CC1)C1CCCCC1. The summed E-state index contributed by atoms with van der Waals surface area (Å²) in [4.78, 5) is 29.9. The molecule has 1 aliphatic carbocycles. The fourth-order valence-electron chi connectivity index (χ4n) is 4.92. The Kier molecular flexibility index (Phi) is 7.08. The highest BCUT2D eigenvalue weighted by molar-refractivity contribution is 6.00. The number of amides is 2. The summed E-state index contributed by atoms with van der Waals surface area (Å²) in [6.07, 6.45) is 7.38. The highest BCUT2D eigenvalue weighted by Gasteiger charge is 2.28. The molecular formula is C26H32FN3O2. The van der Waals surface area contributed by atoms with Crippen LogP contribution in [0.4, 0.5) is 10.1 Å². The summed E-state index contributed by atoms with van der Waals surface area (Å²) in [7, 11) is 1.93. The zero-order valence-corrected chi connectivity index (χ0v) is 18.7. The summed E-state index contributed by atoms with van der Waals surface area (Å²) >= 11 is 0. The highest BCUT2D eigenvalue weighted by atomic mass is 19.1. The average Bonchev–Trinajstić information content (AvgIpc) is 2.84. The van der Waals surface area contributed by atoms with Gasteiger partial charge in [-0.25, -0.2) is 4.39 Å². The lowest BCUT2D eigenvalue weighted by Crippen LogP contribution is -2.45. The number of anilines is 1. The third-order valence-corrected chi connectivity index (χ3v) is 6.83. The molecular weight excluding hydrogens is 405 g/mol. The minimum Gasteiger partial charge on any atom is -0.371 e. The van der Waals surface area contributed by atoms with Crippen LogP contribution in [0.25, 0.3) is 0 Å². The Bertz CT molecular complexity index is 950. The number of benzene rings is 2. The predicted molar refractivity (Wildman–Crippen MR) is 125 cm³/mol. The number of piperidine rings is 1. The first-order chi connectivity index (χ1) is 15.5. The second kappa shape index (κ2) is 10.2. The predicted octanol–water partition coefficient (Wildman–Crippen LogP) is 4.63. The van der Waals surface area contributed by atoms with Crippen LogP contribution in [0.3, 0.4) is 0 Å². The Morgan fingerprint density at radius 1 is 0.969 bits per heavy atom. The maximum absolute atomic E-state index is 13.4. The Morgan fingerprint density at radius 3 is 2.41 bits per heavy atom. The second-order valence-electron chi connectivity index (χ2n) is 8.97. The van der Waals surface area contributed by atoms with Gasteiger partial charge in [0.1, 0.15) is 5.82 Å². The molecule has 1 aliphatic heterocycles. The number of hydrogen-bond donors (Lipinski definition) is 1. The molecule has 32 heavy (non-hydrogen) atoms. The number of rotatable bonds is 5. The Balaban J connectivity index is 1.38. The van der Waals surface area contributed by atoms with Crippen LogP contribution in [0.15, 0.2) is 48.5 Å². The molecule has 0 bridgehead atoms. The van der Waals surface area contributed by atoms with E-state index in [9.17, 15) is 14.0 Å². The third-order valence-electron chi connectivity index (χ3n) is 6.83. The summed E-state index contributed by atoms with van der Waals surface area (Å²) in [5.41, 5.74) is 2.06. The maximum atomic E-state index is 13.4. The van der Waals surface area contributed by atoms with Gasteiger partial charge >= 0.3 is 0 Å². The number of hydrogen-bond acceptors (Lipinski definition) is 3. The number of halogens is 1. The maximum Gasteiger partial charge on any atom is 0.255 e. The smallest absolute Gasteiger partial charge is 0.255 e. The summed E-state index contributed by atoms with van der Waals surface area (Å²) < 4.78 is 13.4. The van der Waals surface area contributed by atoms with Crippen molar-refractivity contribution in [2.75, 3.05) is 25.0 Å². The van der Waals surface area contributed by atoms with Crippen LogP contribution in [0.1, 0.15) is 65.7 Å². The van der Waals surface area contributed by atoms with Gasteiger partial charge in [0.15, 0.2) is 0 Å². The van der Waals surface area contributed by atoms with Crippen LogP contribution >= 0.6 is 0 Å². The molecule has 4 rings (SSSR count). The standard InChI is InChI=1S/C26H32FN3O2/c1-29(22-10-3-2-4-11-22)26(32)23-12-5-6-13-24(23)30-16-14-21(15-17-30)28-25(31)19-8-7-9-20(27)18-19/h5-9,12-13,18,21-22H,2-4,10-11,14-17H2,1H3,(H,28,31). The Labute approximate surface area is 189 Å². The van der Waals surface area contributed by atoms with Gasteiger partial charge in [-0.3, -0.25) is 9.59 Å². The average molecular weight is 438 g/mol.